The number of imidazole rings is 1. The Morgan fingerprint density at radius 3 is 2.71 bits per heavy atom. The minimum absolute atomic E-state index is 0.761. The summed E-state index contributed by atoms with van der Waals surface area (Å²) >= 11 is 0. The normalized spacial score (nSPS) is 10.6. The number of aromatic nitrogens is 2. The number of rotatable bonds is 8. The van der Waals surface area contributed by atoms with Gasteiger partial charge in [-0.3, -0.25) is 0 Å². The Kier molecular flexibility index (Phi) is 5.63. The Balaban J connectivity index is 2.01. The number of methoxy groups -OCH3 is 2. The zero-order valence-electron chi connectivity index (χ0n) is 12.9. The molecule has 0 atom stereocenters. The number of hydrogen-bond donors (Lipinski definition) is 1. The van der Waals surface area contributed by atoms with Crippen molar-refractivity contribution in [3.05, 3.63) is 42.0 Å². The molecule has 0 amide bonds. The molecular weight excluding hydrogens is 266 g/mol. The predicted molar refractivity (Wildman–Crippen MR) is 82.9 cm³/mol. The van der Waals surface area contributed by atoms with Gasteiger partial charge in [-0.1, -0.05) is 13.0 Å². The van der Waals surface area contributed by atoms with Gasteiger partial charge in [0.2, 0.25) is 0 Å². The lowest BCUT2D eigenvalue weighted by atomic mass is 10.1. The highest BCUT2D eigenvalue weighted by Crippen LogP contribution is 2.27. The Labute approximate surface area is 125 Å². The van der Waals surface area contributed by atoms with E-state index in [1.54, 1.807) is 14.2 Å². The Hall–Kier alpha value is -2.01. The molecule has 5 heteroatoms. The Bertz CT molecular complexity index is 566. The fourth-order valence-corrected chi connectivity index (χ4v) is 2.24. The second-order valence-corrected chi connectivity index (χ2v) is 4.80. The van der Waals surface area contributed by atoms with Gasteiger partial charge in [0.1, 0.15) is 0 Å². The predicted octanol–water partition coefficient (Wildman–Crippen LogP) is 2.25. The lowest BCUT2D eigenvalue weighted by molar-refractivity contribution is 0.354. The molecule has 5 nitrogen and oxygen atoms in total. The first-order valence-corrected chi connectivity index (χ1v) is 7.19. The van der Waals surface area contributed by atoms with Crippen molar-refractivity contribution in [2.45, 2.75) is 26.4 Å². The van der Waals surface area contributed by atoms with Crippen molar-refractivity contribution in [3.63, 3.8) is 0 Å². The summed E-state index contributed by atoms with van der Waals surface area (Å²) in [5.74, 6) is 1.53. The SMILES string of the molecule is CCNCc1cncn1CCc1ccc(OC)c(OC)c1. The number of aryl methyl sites for hydroxylation is 2. The second kappa shape index (κ2) is 7.69. The molecule has 0 aliphatic carbocycles. The molecule has 2 rings (SSSR count). The van der Waals surface area contributed by atoms with Crippen LogP contribution in [0.15, 0.2) is 30.7 Å². The highest BCUT2D eigenvalue weighted by Gasteiger charge is 2.06. The first kappa shape index (κ1) is 15.4. The summed E-state index contributed by atoms with van der Waals surface area (Å²) in [5, 5.41) is 3.33. The summed E-state index contributed by atoms with van der Waals surface area (Å²) in [6, 6.07) is 6.05. The standard InChI is InChI=1S/C16H23N3O2/c1-4-17-10-14-11-18-12-19(14)8-7-13-5-6-15(20-2)16(9-13)21-3/h5-6,9,11-12,17H,4,7-8,10H2,1-3H3. The van der Waals surface area contributed by atoms with Crippen LogP contribution in [0.4, 0.5) is 0 Å². The van der Waals surface area contributed by atoms with Crippen LogP contribution in [0, 0.1) is 0 Å². The Morgan fingerprint density at radius 1 is 1.19 bits per heavy atom. The average molecular weight is 289 g/mol. The monoisotopic (exact) mass is 289 g/mol. The summed E-state index contributed by atoms with van der Waals surface area (Å²) in [6.07, 6.45) is 4.72. The number of nitrogens with zero attached hydrogens (tertiary/aromatic N) is 2. The van der Waals surface area contributed by atoms with E-state index in [1.807, 2.05) is 24.7 Å². The fraction of sp³-hybridized carbons (Fsp3) is 0.438. The van der Waals surface area contributed by atoms with Gasteiger partial charge < -0.3 is 19.4 Å². The molecule has 0 fully saturated rings. The molecule has 0 unspecified atom stereocenters. The molecule has 1 aromatic heterocycles. The zero-order chi connectivity index (χ0) is 15.1. The van der Waals surface area contributed by atoms with Gasteiger partial charge in [-0.05, 0) is 30.7 Å². The molecular formula is C16H23N3O2. The lowest BCUT2D eigenvalue weighted by Crippen LogP contribution is -2.15. The second-order valence-electron chi connectivity index (χ2n) is 4.80. The summed E-state index contributed by atoms with van der Waals surface area (Å²) in [7, 11) is 3.31. The summed E-state index contributed by atoms with van der Waals surface area (Å²) in [5.41, 5.74) is 2.42. The molecule has 0 radical (unpaired) electrons. The van der Waals surface area contributed by atoms with Crippen molar-refractivity contribution in [2.24, 2.45) is 0 Å². The molecule has 21 heavy (non-hydrogen) atoms. The van der Waals surface area contributed by atoms with Crippen molar-refractivity contribution in [3.8, 4) is 11.5 Å². The zero-order valence-corrected chi connectivity index (χ0v) is 12.9. The number of hydrogen-bond acceptors (Lipinski definition) is 4. The van der Waals surface area contributed by atoms with E-state index in [4.69, 9.17) is 9.47 Å². The van der Waals surface area contributed by atoms with Gasteiger partial charge >= 0.3 is 0 Å². The highest BCUT2D eigenvalue weighted by molar-refractivity contribution is 5.42. The molecule has 0 aliphatic rings. The summed E-state index contributed by atoms with van der Waals surface area (Å²) in [4.78, 5) is 4.23. The van der Waals surface area contributed by atoms with Crippen LogP contribution in [-0.2, 0) is 19.5 Å². The van der Waals surface area contributed by atoms with Crippen LogP contribution >= 0.6 is 0 Å². The van der Waals surface area contributed by atoms with Crippen molar-refractivity contribution < 1.29 is 9.47 Å². The maximum atomic E-state index is 5.34. The summed E-state index contributed by atoms with van der Waals surface area (Å²) < 4.78 is 12.8. The van der Waals surface area contributed by atoms with E-state index in [0.717, 1.165) is 37.6 Å². The third kappa shape index (κ3) is 3.98. The molecule has 2 aromatic rings. The molecule has 0 saturated carbocycles. The van der Waals surface area contributed by atoms with Crippen LogP contribution in [0.3, 0.4) is 0 Å². The molecule has 0 bridgehead atoms. The molecule has 0 spiro atoms. The topological polar surface area (TPSA) is 48.3 Å². The summed E-state index contributed by atoms with van der Waals surface area (Å²) in [6.45, 7) is 4.81. The van der Waals surface area contributed by atoms with Crippen LogP contribution < -0.4 is 14.8 Å². The Morgan fingerprint density at radius 2 is 2.00 bits per heavy atom. The first-order valence-electron chi connectivity index (χ1n) is 7.19. The number of benzene rings is 1. The van der Waals surface area contributed by atoms with E-state index in [-0.39, 0.29) is 0 Å². The smallest absolute Gasteiger partial charge is 0.160 e. The van der Waals surface area contributed by atoms with Crippen LogP contribution in [0.2, 0.25) is 0 Å². The van der Waals surface area contributed by atoms with Crippen LogP contribution in [0.25, 0.3) is 0 Å². The molecule has 114 valence electrons. The third-order valence-corrected chi connectivity index (χ3v) is 3.44. The van der Waals surface area contributed by atoms with E-state index in [2.05, 4.69) is 27.9 Å². The van der Waals surface area contributed by atoms with Crippen molar-refractivity contribution in [2.75, 3.05) is 20.8 Å². The first-order chi connectivity index (χ1) is 10.3. The van der Waals surface area contributed by atoms with Gasteiger partial charge in [-0.2, -0.15) is 0 Å². The minimum Gasteiger partial charge on any atom is -0.493 e. The molecule has 1 heterocycles. The van der Waals surface area contributed by atoms with Crippen LogP contribution in [0.5, 0.6) is 11.5 Å². The van der Waals surface area contributed by atoms with Gasteiger partial charge in [-0.25, -0.2) is 4.98 Å². The number of ether oxygens (including phenoxy) is 2. The van der Waals surface area contributed by atoms with E-state index < -0.39 is 0 Å². The van der Waals surface area contributed by atoms with E-state index in [9.17, 15) is 0 Å². The minimum atomic E-state index is 0.761. The van der Waals surface area contributed by atoms with Gasteiger partial charge in [-0.15, -0.1) is 0 Å². The maximum Gasteiger partial charge on any atom is 0.160 e. The van der Waals surface area contributed by atoms with Gasteiger partial charge in [0, 0.05) is 19.3 Å². The van der Waals surface area contributed by atoms with Crippen LogP contribution in [0.1, 0.15) is 18.2 Å². The maximum absolute atomic E-state index is 5.34. The fourth-order valence-electron chi connectivity index (χ4n) is 2.24. The quantitative estimate of drug-likeness (QED) is 0.810. The van der Waals surface area contributed by atoms with Crippen molar-refractivity contribution >= 4 is 0 Å². The molecule has 0 saturated heterocycles. The van der Waals surface area contributed by atoms with E-state index in [1.165, 1.54) is 11.3 Å². The van der Waals surface area contributed by atoms with Gasteiger partial charge in [0.15, 0.2) is 11.5 Å². The van der Waals surface area contributed by atoms with Gasteiger partial charge in [0.25, 0.3) is 0 Å². The molecule has 1 aromatic carbocycles. The third-order valence-electron chi connectivity index (χ3n) is 3.44. The lowest BCUT2D eigenvalue weighted by Gasteiger charge is -2.11. The largest absolute Gasteiger partial charge is 0.493 e. The van der Waals surface area contributed by atoms with Crippen molar-refractivity contribution in [1.29, 1.82) is 0 Å². The average Bonchev–Trinajstić information content (AvgIpc) is 2.97. The van der Waals surface area contributed by atoms with E-state index in [0.29, 0.717) is 0 Å². The molecule has 0 aliphatic heterocycles. The molecule has 1 N–H and O–H groups in total. The number of nitrogens with one attached hydrogen (secondary N) is 1. The highest BCUT2D eigenvalue weighted by atomic mass is 16.5. The van der Waals surface area contributed by atoms with Crippen molar-refractivity contribution in [1.82, 2.24) is 14.9 Å². The van der Waals surface area contributed by atoms with E-state index >= 15 is 0 Å². The van der Waals surface area contributed by atoms with Gasteiger partial charge in [0.05, 0.1) is 26.2 Å². The van der Waals surface area contributed by atoms with Crippen LogP contribution in [-0.4, -0.2) is 30.3 Å².